The Morgan fingerprint density at radius 3 is 2.40 bits per heavy atom. The number of hydrogen-bond acceptors (Lipinski definition) is 12. The zero-order valence-electron chi connectivity index (χ0n) is 23.7. The lowest BCUT2D eigenvalue weighted by molar-refractivity contribution is -0.343. The number of fused-ring (bicyclic) bond motifs is 8. The van der Waals surface area contributed by atoms with Crippen LogP contribution >= 0.6 is 0 Å². The first-order valence-electron chi connectivity index (χ1n) is 14.6. The van der Waals surface area contributed by atoms with Crippen LogP contribution < -0.4 is 5.63 Å². The fourth-order valence-electron chi connectivity index (χ4n) is 9.75. The molecule has 3 saturated carbocycles. The maximum absolute atomic E-state index is 14.3. The van der Waals surface area contributed by atoms with Gasteiger partial charge in [-0.3, -0.25) is 4.79 Å². The molecule has 5 fully saturated rings. The average Bonchev–Trinajstić information content (AvgIpc) is 3.18. The zero-order chi connectivity index (χ0) is 30.2. The summed E-state index contributed by atoms with van der Waals surface area (Å²) in [5.74, 6) is -4.59. The molecule has 1 aromatic heterocycles. The smallest absolute Gasteiger partial charge is 0.335 e. The van der Waals surface area contributed by atoms with Crippen molar-refractivity contribution in [2.75, 3.05) is 0 Å². The third-order valence-electron chi connectivity index (χ3n) is 11.7. The first-order chi connectivity index (χ1) is 19.6. The summed E-state index contributed by atoms with van der Waals surface area (Å²) in [6, 6.07) is 2.76. The van der Waals surface area contributed by atoms with Crippen LogP contribution in [0.4, 0.5) is 0 Å². The van der Waals surface area contributed by atoms with Crippen LogP contribution in [0.3, 0.4) is 0 Å². The van der Waals surface area contributed by atoms with Crippen LogP contribution in [0.5, 0.6) is 0 Å². The molecule has 14 atom stereocenters. The molecule has 4 aliphatic carbocycles. The highest BCUT2D eigenvalue weighted by molar-refractivity contribution is 5.93. The number of hydrogen-bond donors (Lipinski definition) is 6. The minimum atomic E-state index is -2.04. The fourth-order valence-corrected chi connectivity index (χ4v) is 9.75. The summed E-state index contributed by atoms with van der Waals surface area (Å²) < 4.78 is 22.9. The second-order valence-electron chi connectivity index (χ2n) is 13.7. The van der Waals surface area contributed by atoms with Crippen LogP contribution in [0.25, 0.3) is 0 Å². The van der Waals surface area contributed by atoms with Crippen LogP contribution in [0.15, 0.2) is 39.3 Å². The summed E-state index contributed by atoms with van der Waals surface area (Å²) in [5, 5.41) is 70.6. The van der Waals surface area contributed by atoms with E-state index in [0.717, 1.165) is 0 Å². The van der Waals surface area contributed by atoms with Gasteiger partial charge in [0.15, 0.2) is 24.0 Å². The van der Waals surface area contributed by atoms with Gasteiger partial charge in [0.1, 0.15) is 29.5 Å². The first-order valence-corrected chi connectivity index (χ1v) is 14.6. The largest absolute Gasteiger partial charge is 0.431 e. The minimum Gasteiger partial charge on any atom is -0.431 e. The molecule has 6 N–H and O–H groups in total. The quantitative estimate of drug-likeness (QED) is 0.232. The SMILES string of the molecule is C[C@H]1C[C@]2(O)O[C@H]3C[C@@]4(C)C(=CC[C@@]5(O)[C@H]4[C@@H](O)C(=O)[C@@]4(C)[C@H](c6ccc(=O)oc6)CC[C@]54O)[C@@H](O)[C@H]3O[C@H](O1)[C@H]2O. The Hall–Kier alpha value is -2.00. The molecule has 0 aromatic carbocycles. The van der Waals surface area contributed by atoms with Crippen LogP contribution in [-0.2, 0) is 19.0 Å². The Labute approximate surface area is 241 Å². The van der Waals surface area contributed by atoms with Gasteiger partial charge in [0.2, 0.25) is 0 Å². The van der Waals surface area contributed by atoms with E-state index < -0.39 is 94.0 Å². The van der Waals surface area contributed by atoms with Gasteiger partial charge in [-0.15, -0.1) is 0 Å². The maximum atomic E-state index is 14.3. The van der Waals surface area contributed by atoms with Gasteiger partial charge < -0.3 is 49.3 Å². The molecule has 42 heavy (non-hydrogen) atoms. The number of Topliss-reactive ketones (excluding diaryl/α,β-unsaturated/α-hetero) is 1. The van der Waals surface area contributed by atoms with Gasteiger partial charge in [-0.05, 0) is 56.7 Å². The molecule has 2 aliphatic heterocycles. The summed E-state index contributed by atoms with van der Waals surface area (Å²) >= 11 is 0. The molecule has 0 radical (unpaired) electrons. The molecule has 230 valence electrons. The molecule has 2 saturated heterocycles. The molecule has 6 aliphatic rings. The molecule has 2 bridgehead atoms. The summed E-state index contributed by atoms with van der Waals surface area (Å²) in [6.45, 7) is 4.95. The van der Waals surface area contributed by atoms with Gasteiger partial charge in [-0.25, -0.2) is 4.79 Å². The lowest BCUT2D eigenvalue weighted by Crippen LogP contribution is -2.78. The Morgan fingerprint density at radius 2 is 1.71 bits per heavy atom. The molecule has 0 spiro atoms. The first kappa shape index (κ1) is 28.8. The third-order valence-corrected chi connectivity index (χ3v) is 11.7. The number of ether oxygens (including phenoxy) is 3. The number of carbonyl (C=O) groups is 1. The van der Waals surface area contributed by atoms with Crippen molar-refractivity contribution in [2.24, 2.45) is 16.7 Å². The van der Waals surface area contributed by atoms with Gasteiger partial charge in [0, 0.05) is 29.7 Å². The van der Waals surface area contributed by atoms with Gasteiger partial charge in [-0.2, -0.15) is 0 Å². The molecule has 0 amide bonds. The van der Waals surface area contributed by atoms with E-state index in [4.69, 9.17) is 18.6 Å². The Kier molecular flexibility index (Phi) is 6.02. The normalized spacial score (nSPS) is 55.0. The predicted octanol–water partition coefficient (Wildman–Crippen LogP) is -0.385. The fraction of sp³-hybridized carbons (Fsp3) is 0.733. The van der Waals surface area contributed by atoms with Crippen molar-refractivity contribution in [3.05, 3.63) is 46.0 Å². The standard InChI is InChI=1S/C30H38O12/c1-13-10-29(37)24(35)25(40-13)41-21-17(42-29)11-26(2)16(19(21)32)6-8-28(36)22(26)20(33)23(34)27(3)15(7-9-30(27,28)38)14-4-5-18(31)39-12-14/h4-6,12-13,15,17,19-22,24-25,32-33,35-38H,7-11H2,1-3H3/t13-,15-,17-,19+,20+,21-,22-,24+,25-,26-,27+,28+,29-,30+/m0/s1. The second kappa shape index (κ2) is 8.80. The Morgan fingerprint density at radius 1 is 0.976 bits per heavy atom. The van der Waals surface area contributed by atoms with Crippen molar-refractivity contribution < 1.29 is 54.1 Å². The van der Waals surface area contributed by atoms with Gasteiger partial charge in [0.25, 0.3) is 0 Å². The maximum Gasteiger partial charge on any atom is 0.335 e. The van der Waals surface area contributed by atoms with Crippen molar-refractivity contribution >= 4 is 5.78 Å². The summed E-state index contributed by atoms with van der Waals surface area (Å²) in [7, 11) is 0. The monoisotopic (exact) mass is 590 g/mol. The zero-order valence-corrected chi connectivity index (χ0v) is 23.7. The van der Waals surface area contributed by atoms with Crippen LogP contribution in [0, 0.1) is 16.7 Å². The number of carbonyl (C=O) groups excluding carboxylic acids is 1. The third kappa shape index (κ3) is 3.33. The van der Waals surface area contributed by atoms with Crippen LogP contribution in [0.2, 0.25) is 0 Å². The van der Waals surface area contributed by atoms with Crippen LogP contribution in [-0.4, -0.2) is 96.3 Å². The van der Waals surface area contributed by atoms with E-state index in [1.165, 1.54) is 18.4 Å². The van der Waals surface area contributed by atoms with E-state index in [-0.39, 0.29) is 32.1 Å². The van der Waals surface area contributed by atoms with Crippen molar-refractivity contribution in [1.82, 2.24) is 0 Å². The summed E-state index contributed by atoms with van der Waals surface area (Å²) in [5.41, 5.74) is -6.55. The Balaban J connectivity index is 1.32. The highest BCUT2D eigenvalue weighted by Gasteiger charge is 2.79. The van der Waals surface area contributed by atoms with E-state index in [2.05, 4.69) is 0 Å². The highest BCUT2D eigenvalue weighted by atomic mass is 16.7. The van der Waals surface area contributed by atoms with Crippen molar-refractivity contribution in [2.45, 2.75) is 119 Å². The van der Waals surface area contributed by atoms with Crippen molar-refractivity contribution in [3.63, 3.8) is 0 Å². The topological polar surface area (TPSA) is 196 Å². The number of aliphatic hydroxyl groups is 6. The average molecular weight is 591 g/mol. The number of ketones is 1. The second-order valence-corrected chi connectivity index (χ2v) is 13.7. The molecule has 3 heterocycles. The number of aliphatic hydroxyl groups excluding tert-OH is 3. The van der Waals surface area contributed by atoms with Crippen molar-refractivity contribution in [3.8, 4) is 0 Å². The van der Waals surface area contributed by atoms with E-state index in [9.17, 15) is 40.2 Å². The summed E-state index contributed by atoms with van der Waals surface area (Å²) in [6.07, 6.45) is -5.47. The molecular formula is C30H38O12. The van der Waals surface area contributed by atoms with E-state index >= 15 is 0 Å². The van der Waals surface area contributed by atoms with Gasteiger partial charge >= 0.3 is 5.63 Å². The van der Waals surface area contributed by atoms with Crippen LogP contribution in [0.1, 0.15) is 64.4 Å². The van der Waals surface area contributed by atoms with Gasteiger partial charge in [0.05, 0.1) is 23.9 Å². The minimum absolute atomic E-state index is 0.00588. The highest BCUT2D eigenvalue weighted by Crippen LogP contribution is 2.70. The van der Waals surface area contributed by atoms with E-state index in [1.807, 2.05) is 0 Å². The Bertz CT molecular complexity index is 1390. The van der Waals surface area contributed by atoms with E-state index in [0.29, 0.717) is 11.1 Å². The van der Waals surface area contributed by atoms with Crippen molar-refractivity contribution in [1.29, 1.82) is 0 Å². The van der Waals surface area contributed by atoms with E-state index in [1.54, 1.807) is 26.8 Å². The lowest BCUT2D eigenvalue weighted by Gasteiger charge is -2.66. The predicted molar refractivity (Wildman–Crippen MR) is 141 cm³/mol. The van der Waals surface area contributed by atoms with Gasteiger partial charge in [-0.1, -0.05) is 13.0 Å². The number of rotatable bonds is 1. The lowest BCUT2D eigenvalue weighted by atomic mass is 9.42. The molecule has 1 aromatic rings. The molecule has 7 rings (SSSR count). The molecular weight excluding hydrogens is 552 g/mol. The summed E-state index contributed by atoms with van der Waals surface area (Å²) in [4.78, 5) is 25.9. The molecule has 12 nitrogen and oxygen atoms in total. The molecule has 0 unspecified atom stereocenters. The molecule has 12 heteroatoms.